The first kappa shape index (κ1) is 10.5. The Kier molecular flexibility index (Phi) is 2.44. The Morgan fingerprint density at radius 2 is 1.94 bits per heavy atom. The molecule has 2 nitrogen and oxygen atoms in total. The summed E-state index contributed by atoms with van der Waals surface area (Å²) in [7, 11) is 0. The molecule has 0 aliphatic rings. The van der Waals surface area contributed by atoms with Crippen LogP contribution >= 0.6 is 15.9 Å². The lowest BCUT2D eigenvalue weighted by Crippen LogP contribution is -1.83. The molecule has 0 spiro atoms. The summed E-state index contributed by atoms with van der Waals surface area (Å²) >= 11 is 3.27. The molecular formula is C13H8BrFN2. The molecular weight excluding hydrogens is 283 g/mol. The molecule has 0 unspecified atom stereocenters. The predicted molar refractivity (Wildman–Crippen MR) is 69.2 cm³/mol. The van der Waals surface area contributed by atoms with Crippen molar-refractivity contribution in [1.29, 1.82) is 0 Å². The molecule has 4 heteroatoms. The third kappa shape index (κ3) is 1.96. The summed E-state index contributed by atoms with van der Waals surface area (Å²) in [6.07, 6.45) is 0. The quantitative estimate of drug-likeness (QED) is 0.717. The maximum Gasteiger partial charge on any atom is 0.138 e. The van der Waals surface area contributed by atoms with Crippen molar-refractivity contribution >= 4 is 27.0 Å². The van der Waals surface area contributed by atoms with Crippen molar-refractivity contribution in [1.82, 2.24) is 9.97 Å². The van der Waals surface area contributed by atoms with Crippen molar-refractivity contribution in [2.24, 2.45) is 0 Å². The van der Waals surface area contributed by atoms with Crippen molar-refractivity contribution in [3.63, 3.8) is 0 Å². The topological polar surface area (TPSA) is 28.7 Å². The van der Waals surface area contributed by atoms with Gasteiger partial charge in [0.15, 0.2) is 0 Å². The Morgan fingerprint density at radius 3 is 2.71 bits per heavy atom. The molecule has 0 radical (unpaired) electrons. The van der Waals surface area contributed by atoms with Gasteiger partial charge in [-0.15, -0.1) is 0 Å². The maximum absolute atomic E-state index is 13.3. The second-order valence-electron chi connectivity index (χ2n) is 3.76. The number of hydrogen-bond donors (Lipinski definition) is 1. The van der Waals surface area contributed by atoms with Crippen LogP contribution in [0.2, 0.25) is 0 Å². The van der Waals surface area contributed by atoms with Crippen LogP contribution in [0, 0.1) is 5.82 Å². The van der Waals surface area contributed by atoms with Gasteiger partial charge in [0.1, 0.15) is 11.6 Å². The van der Waals surface area contributed by atoms with Gasteiger partial charge >= 0.3 is 0 Å². The molecule has 3 rings (SSSR count). The highest BCUT2D eigenvalue weighted by Crippen LogP contribution is 2.24. The monoisotopic (exact) mass is 290 g/mol. The minimum absolute atomic E-state index is 0.283. The molecule has 0 fully saturated rings. The molecule has 17 heavy (non-hydrogen) atoms. The molecule has 0 aliphatic carbocycles. The van der Waals surface area contributed by atoms with Gasteiger partial charge in [0.05, 0.1) is 11.0 Å². The lowest BCUT2D eigenvalue weighted by atomic mass is 10.2. The van der Waals surface area contributed by atoms with Crippen molar-refractivity contribution in [3.05, 3.63) is 52.8 Å². The number of benzene rings is 2. The highest BCUT2D eigenvalue weighted by molar-refractivity contribution is 9.10. The second kappa shape index (κ2) is 3.96. The first-order valence-corrected chi connectivity index (χ1v) is 5.93. The zero-order valence-corrected chi connectivity index (χ0v) is 10.3. The van der Waals surface area contributed by atoms with Crippen LogP contribution in [-0.2, 0) is 0 Å². The van der Waals surface area contributed by atoms with Crippen LogP contribution in [0.1, 0.15) is 0 Å². The fourth-order valence-corrected chi connectivity index (χ4v) is 2.25. The lowest BCUT2D eigenvalue weighted by Gasteiger charge is -1.98. The number of hydrogen-bond acceptors (Lipinski definition) is 1. The van der Waals surface area contributed by atoms with Crippen LogP contribution in [0.4, 0.5) is 4.39 Å². The largest absolute Gasteiger partial charge is 0.338 e. The number of rotatable bonds is 1. The number of aromatic amines is 1. The number of aromatic nitrogens is 2. The summed E-state index contributed by atoms with van der Waals surface area (Å²) in [6.45, 7) is 0. The molecule has 1 N–H and O–H groups in total. The Labute approximate surface area is 106 Å². The molecule has 0 bridgehead atoms. The highest BCUT2D eigenvalue weighted by Gasteiger charge is 2.06. The van der Waals surface area contributed by atoms with Crippen LogP contribution in [0.25, 0.3) is 22.4 Å². The standard InChI is InChI=1S/C13H8BrFN2/c14-9-5-8(6-10(15)7-9)13-16-11-3-1-2-4-12(11)17-13/h1-7H,(H,16,17). The number of halogens is 2. The molecule has 0 atom stereocenters. The van der Waals surface area contributed by atoms with E-state index < -0.39 is 0 Å². The summed E-state index contributed by atoms with van der Waals surface area (Å²) < 4.78 is 14.0. The molecule has 1 aromatic heterocycles. The average molecular weight is 291 g/mol. The van der Waals surface area contributed by atoms with Gasteiger partial charge in [-0.05, 0) is 30.3 Å². The summed E-state index contributed by atoms with van der Waals surface area (Å²) in [5.74, 6) is 0.390. The predicted octanol–water partition coefficient (Wildman–Crippen LogP) is 4.13. The third-order valence-electron chi connectivity index (χ3n) is 2.53. The Balaban J connectivity index is 2.20. The Morgan fingerprint density at radius 1 is 1.12 bits per heavy atom. The first-order valence-electron chi connectivity index (χ1n) is 5.13. The van der Waals surface area contributed by atoms with E-state index in [9.17, 15) is 4.39 Å². The average Bonchev–Trinajstić information content (AvgIpc) is 2.71. The van der Waals surface area contributed by atoms with Gasteiger partial charge in [0, 0.05) is 10.0 Å². The Bertz CT molecular complexity index is 637. The molecule has 0 saturated heterocycles. The fraction of sp³-hybridized carbons (Fsp3) is 0. The van der Waals surface area contributed by atoms with E-state index in [2.05, 4.69) is 25.9 Å². The van der Waals surface area contributed by atoms with E-state index in [4.69, 9.17) is 0 Å². The SMILES string of the molecule is Fc1cc(Br)cc(-c2nc3ccccc3[nH]2)c1. The maximum atomic E-state index is 13.3. The molecule has 0 amide bonds. The van der Waals surface area contributed by atoms with E-state index in [1.165, 1.54) is 12.1 Å². The van der Waals surface area contributed by atoms with Gasteiger partial charge < -0.3 is 4.98 Å². The first-order chi connectivity index (χ1) is 8.22. The molecule has 1 heterocycles. The Hall–Kier alpha value is -1.68. The number of fused-ring (bicyclic) bond motifs is 1. The van der Waals surface area contributed by atoms with E-state index in [0.717, 1.165) is 16.6 Å². The van der Waals surface area contributed by atoms with E-state index in [0.29, 0.717) is 10.3 Å². The van der Waals surface area contributed by atoms with Gasteiger partial charge in [-0.1, -0.05) is 28.1 Å². The number of para-hydroxylation sites is 2. The van der Waals surface area contributed by atoms with Gasteiger partial charge in [0.25, 0.3) is 0 Å². The molecule has 84 valence electrons. The zero-order valence-electron chi connectivity index (χ0n) is 8.74. The molecule has 0 aliphatic heterocycles. The number of nitrogens with zero attached hydrogens (tertiary/aromatic N) is 1. The third-order valence-corrected chi connectivity index (χ3v) is 2.98. The summed E-state index contributed by atoms with van der Waals surface area (Å²) in [5, 5.41) is 0. The van der Waals surface area contributed by atoms with E-state index in [1.54, 1.807) is 0 Å². The zero-order chi connectivity index (χ0) is 11.8. The summed E-state index contributed by atoms with van der Waals surface area (Å²) in [6, 6.07) is 12.4. The smallest absolute Gasteiger partial charge is 0.138 e. The van der Waals surface area contributed by atoms with Crippen LogP contribution in [0.5, 0.6) is 0 Å². The molecule has 0 saturated carbocycles. The van der Waals surface area contributed by atoms with Crippen molar-refractivity contribution in [2.75, 3.05) is 0 Å². The van der Waals surface area contributed by atoms with E-state index >= 15 is 0 Å². The number of nitrogens with one attached hydrogen (secondary N) is 1. The van der Waals surface area contributed by atoms with Crippen LogP contribution < -0.4 is 0 Å². The van der Waals surface area contributed by atoms with E-state index in [1.807, 2.05) is 30.3 Å². The normalized spacial score (nSPS) is 10.9. The highest BCUT2D eigenvalue weighted by atomic mass is 79.9. The molecule has 2 aromatic carbocycles. The van der Waals surface area contributed by atoms with Gasteiger partial charge in [-0.25, -0.2) is 9.37 Å². The molecule has 3 aromatic rings. The van der Waals surface area contributed by atoms with Crippen LogP contribution in [-0.4, -0.2) is 9.97 Å². The van der Waals surface area contributed by atoms with E-state index in [-0.39, 0.29) is 5.82 Å². The van der Waals surface area contributed by atoms with Crippen LogP contribution in [0.15, 0.2) is 46.9 Å². The minimum Gasteiger partial charge on any atom is -0.338 e. The van der Waals surface area contributed by atoms with Crippen molar-refractivity contribution in [3.8, 4) is 11.4 Å². The lowest BCUT2D eigenvalue weighted by molar-refractivity contribution is 0.627. The van der Waals surface area contributed by atoms with Crippen molar-refractivity contribution in [2.45, 2.75) is 0 Å². The minimum atomic E-state index is -0.283. The number of H-pyrrole nitrogens is 1. The fourth-order valence-electron chi connectivity index (χ4n) is 1.78. The van der Waals surface area contributed by atoms with Gasteiger partial charge in [-0.3, -0.25) is 0 Å². The summed E-state index contributed by atoms with van der Waals surface area (Å²) in [4.78, 5) is 7.59. The summed E-state index contributed by atoms with van der Waals surface area (Å²) in [5.41, 5.74) is 2.55. The van der Waals surface area contributed by atoms with Gasteiger partial charge in [-0.2, -0.15) is 0 Å². The van der Waals surface area contributed by atoms with Crippen molar-refractivity contribution < 1.29 is 4.39 Å². The van der Waals surface area contributed by atoms with Gasteiger partial charge in [0.2, 0.25) is 0 Å². The number of imidazole rings is 1. The second-order valence-corrected chi connectivity index (χ2v) is 4.68. The van der Waals surface area contributed by atoms with Crippen LogP contribution in [0.3, 0.4) is 0 Å².